The maximum Gasteiger partial charge on any atom is 0.245 e. The number of nitrogens with zero attached hydrogens (tertiary/aromatic N) is 3. The lowest BCUT2D eigenvalue weighted by Crippen LogP contribution is -2.43. The van der Waals surface area contributed by atoms with E-state index in [4.69, 9.17) is 5.10 Å². The van der Waals surface area contributed by atoms with E-state index in [0.717, 1.165) is 29.8 Å². The summed E-state index contributed by atoms with van der Waals surface area (Å²) in [6, 6.07) is 7.99. The van der Waals surface area contributed by atoms with E-state index in [0.29, 0.717) is 5.82 Å². The van der Waals surface area contributed by atoms with Gasteiger partial charge in [-0.2, -0.15) is 5.10 Å². The Hall–Kier alpha value is -2.63. The van der Waals surface area contributed by atoms with Crippen LogP contribution in [0.15, 0.2) is 24.3 Å². The SMILES string of the molecule is Cc1cccc(-n2nc(C(C)(C)C)cc2NC(=O)CN(C(=O)C2CC2)C(C)C)c1C. The van der Waals surface area contributed by atoms with Crippen LogP contribution >= 0.6 is 0 Å². The fourth-order valence-corrected chi connectivity index (χ4v) is 3.40. The van der Waals surface area contributed by atoms with Gasteiger partial charge in [-0.3, -0.25) is 9.59 Å². The van der Waals surface area contributed by atoms with Crippen molar-refractivity contribution < 1.29 is 9.59 Å². The van der Waals surface area contributed by atoms with Crippen LogP contribution in [-0.4, -0.2) is 39.1 Å². The molecule has 1 N–H and O–H groups in total. The first kappa shape index (κ1) is 22.1. The number of benzene rings is 1. The molecule has 1 aliphatic rings. The average Bonchev–Trinajstić information content (AvgIpc) is 3.41. The summed E-state index contributed by atoms with van der Waals surface area (Å²) >= 11 is 0. The molecule has 162 valence electrons. The Labute approximate surface area is 179 Å². The number of aromatic nitrogens is 2. The first-order valence-corrected chi connectivity index (χ1v) is 10.8. The zero-order chi connectivity index (χ0) is 22.2. The van der Waals surface area contributed by atoms with Gasteiger partial charge in [0.2, 0.25) is 11.8 Å². The third kappa shape index (κ3) is 4.74. The quantitative estimate of drug-likeness (QED) is 0.769. The van der Waals surface area contributed by atoms with Crippen LogP contribution in [0.2, 0.25) is 0 Å². The smallest absolute Gasteiger partial charge is 0.245 e. The van der Waals surface area contributed by atoms with Gasteiger partial charge < -0.3 is 10.2 Å². The summed E-state index contributed by atoms with van der Waals surface area (Å²) < 4.78 is 1.81. The highest BCUT2D eigenvalue weighted by atomic mass is 16.2. The molecule has 1 aliphatic carbocycles. The average molecular weight is 411 g/mol. The normalized spacial score (nSPS) is 14.1. The Bertz CT molecular complexity index is 949. The van der Waals surface area contributed by atoms with Crippen LogP contribution in [0.4, 0.5) is 5.82 Å². The highest BCUT2D eigenvalue weighted by Gasteiger charge is 2.35. The Morgan fingerprint density at radius 3 is 2.47 bits per heavy atom. The number of rotatable bonds is 6. The third-order valence-corrected chi connectivity index (χ3v) is 5.70. The van der Waals surface area contributed by atoms with Crippen molar-refractivity contribution in [1.29, 1.82) is 0 Å². The van der Waals surface area contributed by atoms with Crippen LogP contribution in [0.5, 0.6) is 0 Å². The molecule has 0 atom stereocenters. The molecule has 2 aromatic rings. The van der Waals surface area contributed by atoms with Crippen molar-refractivity contribution in [1.82, 2.24) is 14.7 Å². The van der Waals surface area contributed by atoms with Crippen LogP contribution in [0, 0.1) is 19.8 Å². The van der Waals surface area contributed by atoms with Gasteiger partial charge in [0, 0.05) is 23.4 Å². The number of aryl methyl sites for hydroxylation is 1. The Kier molecular flexibility index (Phi) is 6.06. The summed E-state index contributed by atoms with van der Waals surface area (Å²) in [7, 11) is 0. The second-order valence-electron chi connectivity index (χ2n) is 9.68. The van der Waals surface area contributed by atoms with Gasteiger partial charge in [0.05, 0.1) is 11.4 Å². The lowest BCUT2D eigenvalue weighted by Gasteiger charge is -2.26. The van der Waals surface area contributed by atoms with Crippen molar-refractivity contribution in [2.45, 2.75) is 72.8 Å². The molecule has 0 radical (unpaired) electrons. The van der Waals surface area contributed by atoms with Gasteiger partial charge in [0.15, 0.2) is 0 Å². The van der Waals surface area contributed by atoms with Gasteiger partial charge in [-0.1, -0.05) is 32.9 Å². The summed E-state index contributed by atoms with van der Waals surface area (Å²) in [6.45, 7) is 14.4. The number of anilines is 1. The summed E-state index contributed by atoms with van der Waals surface area (Å²) in [5.74, 6) is 0.595. The minimum atomic E-state index is -0.204. The van der Waals surface area contributed by atoms with E-state index in [-0.39, 0.29) is 35.7 Å². The molecule has 1 heterocycles. The molecule has 1 saturated carbocycles. The highest BCUT2D eigenvalue weighted by molar-refractivity contribution is 5.95. The molecule has 0 spiro atoms. The zero-order valence-corrected chi connectivity index (χ0v) is 19.2. The molecule has 0 bridgehead atoms. The van der Waals surface area contributed by atoms with Crippen molar-refractivity contribution >= 4 is 17.6 Å². The minimum absolute atomic E-state index is 0.0158. The largest absolute Gasteiger partial charge is 0.331 e. The van der Waals surface area contributed by atoms with Crippen molar-refractivity contribution in [3.8, 4) is 5.69 Å². The highest BCUT2D eigenvalue weighted by Crippen LogP contribution is 2.32. The van der Waals surface area contributed by atoms with E-state index in [1.807, 2.05) is 36.7 Å². The molecule has 3 rings (SSSR count). The van der Waals surface area contributed by atoms with E-state index in [9.17, 15) is 9.59 Å². The van der Waals surface area contributed by atoms with E-state index in [2.05, 4.69) is 46.0 Å². The first-order valence-electron chi connectivity index (χ1n) is 10.8. The van der Waals surface area contributed by atoms with Crippen LogP contribution in [-0.2, 0) is 15.0 Å². The second kappa shape index (κ2) is 8.25. The Morgan fingerprint density at radius 1 is 1.23 bits per heavy atom. The van der Waals surface area contributed by atoms with E-state index in [1.165, 1.54) is 5.56 Å². The summed E-state index contributed by atoms with van der Waals surface area (Å²) in [4.78, 5) is 27.2. The van der Waals surface area contributed by atoms with Crippen LogP contribution < -0.4 is 5.32 Å². The fourth-order valence-electron chi connectivity index (χ4n) is 3.40. The number of hydrogen-bond donors (Lipinski definition) is 1. The van der Waals surface area contributed by atoms with Crippen molar-refractivity contribution in [3.63, 3.8) is 0 Å². The number of carbonyl (C=O) groups excluding carboxylic acids is 2. The van der Waals surface area contributed by atoms with Gasteiger partial charge in [0.25, 0.3) is 0 Å². The number of amides is 2. The maximum absolute atomic E-state index is 12.9. The van der Waals surface area contributed by atoms with Crippen LogP contribution in [0.3, 0.4) is 0 Å². The Morgan fingerprint density at radius 2 is 1.90 bits per heavy atom. The van der Waals surface area contributed by atoms with Gasteiger partial charge in [-0.15, -0.1) is 0 Å². The van der Waals surface area contributed by atoms with Crippen molar-refractivity contribution in [2.24, 2.45) is 5.92 Å². The monoisotopic (exact) mass is 410 g/mol. The van der Waals surface area contributed by atoms with Gasteiger partial charge in [0.1, 0.15) is 12.4 Å². The second-order valence-corrected chi connectivity index (χ2v) is 9.68. The molecule has 30 heavy (non-hydrogen) atoms. The predicted octanol–water partition coefficient (Wildman–Crippen LogP) is 4.37. The molecule has 2 amide bonds. The van der Waals surface area contributed by atoms with Crippen LogP contribution in [0.25, 0.3) is 5.69 Å². The summed E-state index contributed by atoms with van der Waals surface area (Å²) in [6.07, 6.45) is 1.86. The molecule has 1 aromatic carbocycles. The first-order chi connectivity index (χ1) is 14.0. The van der Waals surface area contributed by atoms with E-state index in [1.54, 1.807) is 4.90 Å². The lowest BCUT2D eigenvalue weighted by atomic mass is 9.92. The molecule has 0 aliphatic heterocycles. The topological polar surface area (TPSA) is 67.2 Å². The summed E-state index contributed by atoms with van der Waals surface area (Å²) in [5.41, 5.74) is 3.96. The molecule has 1 aromatic heterocycles. The van der Waals surface area contributed by atoms with Gasteiger partial charge >= 0.3 is 0 Å². The number of hydrogen-bond acceptors (Lipinski definition) is 3. The standard InChI is InChI=1S/C24H34N4O2/c1-15(2)27(23(30)18-11-12-18)14-22(29)25-21-13-20(24(5,6)7)26-28(21)19-10-8-9-16(3)17(19)4/h8-10,13,15,18H,11-12,14H2,1-7H3,(H,25,29). The molecule has 1 fully saturated rings. The molecule has 6 nitrogen and oxygen atoms in total. The van der Waals surface area contributed by atoms with E-state index < -0.39 is 0 Å². The molecule has 0 unspecified atom stereocenters. The predicted molar refractivity (Wildman–Crippen MR) is 120 cm³/mol. The van der Waals surface area contributed by atoms with Gasteiger partial charge in [-0.05, 0) is 57.7 Å². The number of carbonyl (C=O) groups is 2. The minimum Gasteiger partial charge on any atom is -0.331 e. The maximum atomic E-state index is 12.9. The molecule has 0 saturated heterocycles. The van der Waals surface area contributed by atoms with E-state index >= 15 is 0 Å². The van der Waals surface area contributed by atoms with Gasteiger partial charge in [-0.25, -0.2) is 4.68 Å². The number of nitrogens with one attached hydrogen (secondary N) is 1. The van der Waals surface area contributed by atoms with Crippen molar-refractivity contribution in [3.05, 3.63) is 41.1 Å². The third-order valence-electron chi connectivity index (χ3n) is 5.70. The van der Waals surface area contributed by atoms with Crippen molar-refractivity contribution in [2.75, 3.05) is 11.9 Å². The molecule has 6 heteroatoms. The molecular formula is C24H34N4O2. The van der Waals surface area contributed by atoms with Crippen LogP contribution in [0.1, 0.15) is 64.3 Å². The zero-order valence-electron chi connectivity index (χ0n) is 19.2. The Balaban J connectivity index is 1.90. The fraction of sp³-hybridized carbons (Fsp3) is 0.542. The molecular weight excluding hydrogens is 376 g/mol. The summed E-state index contributed by atoms with van der Waals surface area (Å²) in [5, 5.41) is 7.83. The lowest BCUT2D eigenvalue weighted by molar-refractivity contribution is -0.137.